The lowest BCUT2D eigenvalue weighted by molar-refractivity contribution is -0.0259. The lowest BCUT2D eigenvalue weighted by atomic mass is 9.79. The lowest BCUT2D eigenvalue weighted by Gasteiger charge is -2.38. The van der Waals surface area contributed by atoms with Gasteiger partial charge in [0.25, 0.3) is 5.91 Å². The molecule has 2 aliphatic heterocycles. The van der Waals surface area contributed by atoms with Gasteiger partial charge in [-0.1, -0.05) is 35.5 Å². The van der Waals surface area contributed by atoms with Crippen molar-refractivity contribution >= 4 is 5.91 Å². The van der Waals surface area contributed by atoms with Crippen LogP contribution in [-0.2, 0) is 9.47 Å². The van der Waals surface area contributed by atoms with Gasteiger partial charge in [0.05, 0.1) is 12.8 Å². The number of ether oxygens (including phenoxy) is 2. The van der Waals surface area contributed by atoms with E-state index >= 15 is 0 Å². The molecule has 2 fully saturated rings. The second-order valence-electron chi connectivity index (χ2n) is 6.99. The van der Waals surface area contributed by atoms with Gasteiger partial charge in [0, 0.05) is 37.3 Å². The highest BCUT2D eigenvalue weighted by Gasteiger charge is 2.35. The van der Waals surface area contributed by atoms with Gasteiger partial charge in [-0.05, 0) is 25.2 Å². The van der Waals surface area contributed by atoms with Crippen LogP contribution in [0.4, 0.5) is 0 Å². The molecule has 2 saturated heterocycles. The van der Waals surface area contributed by atoms with E-state index in [0.717, 1.165) is 38.0 Å². The number of benzene rings is 1. The third-order valence-electron chi connectivity index (χ3n) is 5.44. The quantitative estimate of drug-likeness (QED) is 0.912. The number of rotatable bonds is 4. The Morgan fingerprint density at radius 2 is 1.81 bits per heavy atom. The van der Waals surface area contributed by atoms with Crippen LogP contribution in [0.2, 0.25) is 0 Å². The largest absolute Gasteiger partial charge is 0.381 e. The number of aromatic nitrogens is 1. The molecule has 2 aromatic rings. The van der Waals surface area contributed by atoms with Crippen molar-refractivity contribution in [2.45, 2.75) is 25.3 Å². The first-order valence-electron chi connectivity index (χ1n) is 9.29. The standard InChI is InChI=1S/C20H24N2O4/c23-20(16-12-21-26-19(16)15-4-2-1-3-5-15)22-18-8-11-25-13-17(18)14-6-9-24-10-7-14/h1-5,12,14,17-18H,6-11,13H2,(H,22,23)/t17-,18-/m0/s1. The molecule has 6 heteroatoms. The molecule has 0 bridgehead atoms. The van der Waals surface area contributed by atoms with Gasteiger partial charge in [0.1, 0.15) is 5.56 Å². The van der Waals surface area contributed by atoms with Crippen molar-refractivity contribution in [2.75, 3.05) is 26.4 Å². The molecule has 6 nitrogen and oxygen atoms in total. The number of carbonyl (C=O) groups is 1. The molecule has 26 heavy (non-hydrogen) atoms. The van der Waals surface area contributed by atoms with Gasteiger partial charge >= 0.3 is 0 Å². The highest BCUT2D eigenvalue weighted by Crippen LogP contribution is 2.31. The zero-order valence-electron chi connectivity index (χ0n) is 14.7. The molecule has 138 valence electrons. The van der Waals surface area contributed by atoms with Crippen LogP contribution in [0, 0.1) is 11.8 Å². The van der Waals surface area contributed by atoms with E-state index in [9.17, 15) is 4.79 Å². The summed E-state index contributed by atoms with van der Waals surface area (Å²) in [6.07, 6.45) is 4.39. The van der Waals surface area contributed by atoms with Crippen molar-refractivity contribution in [3.63, 3.8) is 0 Å². The average Bonchev–Trinajstić information content (AvgIpc) is 3.20. The average molecular weight is 356 g/mol. The molecule has 0 aliphatic carbocycles. The molecule has 0 spiro atoms. The molecular weight excluding hydrogens is 332 g/mol. The van der Waals surface area contributed by atoms with E-state index in [4.69, 9.17) is 14.0 Å². The van der Waals surface area contributed by atoms with Crippen molar-refractivity contribution in [3.05, 3.63) is 42.1 Å². The maximum Gasteiger partial charge on any atom is 0.257 e. The number of hydrogen-bond donors (Lipinski definition) is 1. The molecule has 3 heterocycles. The molecule has 1 aromatic heterocycles. The second-order valence-corrected chi connectivity index (χ2v) is 6.99. The fraction of sp³-hybridized carbons (Fsp3) is 0.500. The number of hydrogen-bond acceptors (Lipinski definition) is 5. The molecule has 1 aromatic carbocycles. The molecule has 0 radical (unpaired) electrons. The van der Waals surface area contributed by atoms with Gasteiger partial charge in [-0.3, -0.25) is 4.79 Å². The van der Waals surface area contributed by atoms with Crippen LogP contribution in [0.3, 0.4) is 0 Å². The minimum Gasteiger partial charge on any atom is -0.381 e. The topological polar surface area (TPSA) is 73.6 Å². The van der Waals surface area contributed by atoms with E-state index in [1.165, 1.54) is 6.20 Å². The summed E-state index contributed by atoms with van der Waals surface area (Å²) in [4.78, 5) is 12.9. The van der Waals surface area contributed by atoms with Gasteiger partial charge in [-0.15, -0.1) is 0 Å². The highest BCUT2D eigenvalue weighted by molar-refractivity contribution is 5.99. The van der Waals surface area contributed by atoms with Crippen LogP contribution in [0.5, 0.6) is 0 Å². The van der Waals surface area contributed by atoms with Crippen molar-refractivity contribution in [3.8, 4) is 11.3 Å². The first-order chi connectivity index (χ1) is 12.8. The van der Waals surface area contributed by atoms with Crippen LogP contribution in [-0.4, -0.2) is 43.5 Å². The zero-order valence-corrected chi connectivity index (χ0v) is 14.7. The summed E-state index contributed by atoms with van der Waals surface area (Å²) in [5.41, 5.74) is 1.33. The van der Waals surface area contributed by atoms with E-state index in [-0.39, 0.29) is 11.9 Å². The normalized spacial score (nSPS) is 24.3. The summed E-state index contributed by atoms with van der Waals surface area (Å²) in [6, 6.07) is 9.70. The third kappa shape index (κ3) is 3.66. The van der Waals surface area contributed by atoms with E-state index in [2.05, 4.69) is 10.5 Å². The Balaban J connectivity index is 1.49. The fourth-order valence-corrected chi connectivity index (χ4v) is 3.99. The molecule has 1 N–H and O–H groups in total. The van der Waals surface area contributed by atoms with Crippen molar-refractivity contribution in [1.29, 1.82) is 0 Å². The summed E-state index contributed by atoms with van der Waals surface area (Å²) in [7, 11) is 0. The Morgan fingerprint density at radius 3 is 2.62 bits per heavy atom. The summed E-state index contributed by atoms with van der Waals surface area (Å²) in [5, 5.41) is 7.06. The smallest absolute Gasteiger partial charge is 0.257 e. The number of nitrogens with one attached hydrogen (secondary N) is 1. The SMILES string of the molecule is O=C(N[C@H]1CCOC[C@H]1C1CCOCC1)c1cnoc1-c1ccccc1. The lowest BCUT2D eigenvalue weighted by Crippen LogP contribution is -2.49. The molecule has 0 saturated carbocycles. The van der Waals surface area contributed by atoms with E-state index in [0.29, 0.717) is 36.4 Å². The van der Waals surface area contributed by atoms with Gasteiger partial charge < -0.3 is 19.3 Å². The fourth-order valence-electron chi connectivity index (χ4n) is 3.99. The van der Waals surface area contributed by atoms with Crippen LogP contribution < -0.4 is 5.32 Å². The van der Waals surface area contributed by atoms with Crippen molar-refractivity contribution < 1.29 is 18.8 Å². The molecular formula is C20H24N2O4. The van der Waals surface area contributed by atoms with Crippen LogP contribution in [0.15, 0.2) is 41.1 Å². The minimum atomic E-state index is -0.130. The summed E-state index contributed by atoms with van der Waals surface area (Å²) in [5.74, 6) is 1.24. The van der Waals surface area contributed by atoms with Crippen molar-refractivity contribution in [2.24, 2.45) is 11.8 Å². The zero-order chi connectivity index (χ0) is 17.8. The van der Waals surface area contributed by atoms with Gasteiger partial charge in [-0.2, -0.15) is 0 Å². The van der Waals surface area contributed by atoms with Crippen molar-refractivity contribution in [1.82, 2.24) is 10.5 Å². The van der Waals surface area contributed by atoms with E-state index in [1.807, 2.05) is 30.3 Å². The summed E-state index contributed by atoms with van der Waals surface area (Å²) in [6.45, 7) is 2.97. The van der Waals surface area contributed by atoms with Crippen LogP contribution in [0.1, 0.15) is 29.6 Å². The van der Waals surface area contributed by atoms with Gasteiger partial charge in [0.2, 0.25) is 0 Å². The Labute approximate surface area is 152 Å². The minimum absolute atomic E-state index is 0.109. The van der Waals surface area contributed by atoms with E-state index < -0.39 is 0 Å². The van der Waals surface area contributed by atoms with Gasteiger partial charge in [-0.25, -0.2) is 0 Å². The first kappa shape index (κ1) is 17.2. The summed E-state index contributed by atoms with van der Waals surface area (Å²) >= 11 is 0. The predicted molar refractivity (Wildman–Crippen MR) is 95.7 cm³/mol. The van der Waals surface area contributed by atoms with Crippen LogP contribution >= 0.6 is 0 Å². The molecule has 1 amide bonds. The van der Waals surface area contributed by atoms with E-state index in [1.54, 1.807) is 0 Å². The molecule has 0 unspecified atom stereocenters. The first-order valence-corrected chi connectivity index (χ1v) is 9.29. The van der Waals surface area contributed by atoms with Gasteiger partial charge in [0.15, 0.2) is 5.76 Å². The molecule has 2 aliphatic rings. The Kier molecular flexibility index (Phi) is 5.32. The number of carbonyl (C=O) groups excluding carboxylic acids is 1. The molecule has 4 rings (SSSR count). The Morgan fingerprint density at radius 1 is 1.04 bits per heavy atom. The number of nitrogens with zero attached hydrogens (tertiary/aromatic N) is 1. The Hall–Kier alpha value is -2.18. The molecule has 2 atom stereocenters. The second kappa shape index (κ2) is 8.01. The third-order valence-corrected chi connectivity index (χ3v) is 5.44. The Bertz CT molecular complexity index is 724. The van der Waals surface area contributed by atoms with Crippen LogP contribution in [0.25, 0.3) is 11.3 Å². The number of amides is 1. The predicted octanol–water partition coefficient (Wildman–Crippen LogP) is 2.90. The highest BCUT2D eigenvalue weighted by atomic mass is 16.5. The monoisotopic (exact) mass is 356 g/mol. The maximum atomic E-state index is 12.9. The summed E-state index contributed by atoms with van der Waals surface area (Å²) < 4.78 is 16.5. The maximum absolute atomic E-state index is 12.9.